The van der Waals surface area contributed by atoms with E-state index in [-0.39, 0.29) is 6.04 Å². The van der Waals surface area contributed by atoms with E-state index in [2.05, 4.69) is 52.2 Å². The van der Waals surface area contributed by atoms with Gasteiger partial charge in [-0.15, -0.1) is 5.10 Å². The molecule has 5 nitrogen and oxygen atoms in total. The smallest absolute Gasteiger partial charge is 0.183 e. The van der Waals surface area contributed by atoms with Crippen LogP contribution in [-0.2, 0) is 0 Å². The highest BCUT2D eigenvalue weighted by Gasteiger charge is 2.17. The second kappa shape index (κ2) is 6.35. The number of halogens is 1. The van der Waals surface area contributed by atoms with Gasteiger partial charge in [0.1, 0.15) is 0 Å². The summed E-state index contributed by atoms with van der Waals surface area (Å²) in [5, 5.41) is 12.1. The summed E-state index contributed by atoms with van der Waals surface area (Å²) in [7, 11) is 0. The van der Waals surface area contributed by atoms with E-state index in [1.165, 1.54) is 0 Å². The first-order valence-corrected chi connectivity index (χ1v) is 7.62. The summed E-state index contributed by atoms with van der Waals surface area (Å²) in [6.45, 7) is 6.59. The van der Waals surface area contributed by atoms with Gasteiger partial charge in [0, 0.05) is 11.3 Å². The standard InChI is InChI=1S/C14H20BrN5/c1-9(2)7-8-10(3)20-14(17-18-19-20)11-5-4-6-12(16)13(11)15/h4-6,9-10H,7-8,16H2,1-3H3. The van der Waals surface area contributed by atoms with Gasteiger partial charge in [0.15, 0.2) is 5.82 Å². The minimum atomic E-state index is 0.260. The molecule has 0 saturated heterocycles. The lowest BCUT2D eigenvalue weighted by molar-refractivity contribution is 0.406. The van der Waals surface area contributed by atoms with Crippen LogP contribution in [0.15, 0.2) is 22.7 Å². The lowest BCUT2D eigenvalue weighted by atomic mass is 10.0. The van der Waals surface area contributed by atoms with Crippen molar-refractivity contribution in [2.45, 2.75) is 39.7 Å². The number of anilines is 1. The number of tetrazole rings is 1. The third-order valence-corrected chi connectivity index (χ3v) is 4.23. The summed E-state index contributed by atoms with van der Waals surface area (Å²) in [5.74, 6) is 1.43. The number of nitrogen functional groups attached to an aromatic ring is 1. The van der Waals surface area contributed by atoms with Gasteiger partial charge in [0.05, 0.1) is 10.5 Å². The van der Waals surface area contributed by atoms with E-state index in [0.29, 0.717) is 11.6 Å². The molecular formula is C14H20BrN5. The predicted octanol–water partition coefficient (Wildman–Crippen LogP) is 3.68. The van der Waals surface area contributed by atoms with Gasteiger partial charge < -0.3 is 5.73 Å². The van der Waals surface area contributed by atoms with Gasteiger partial charge in [0.25, 0.3) is 0 Å². The molecule has 1 heterocycles. The van der Waals surface area contributed by atoms with Crippen LogP contribution in [0.25, 0.3) is 11.4 Å². The van der Waals surface area contributed by atoms with Crippen LogP contribution in [0.3, 0.4) is 0 Å². The largest absolute Gasteiger partial charge is 0.398 e. The van der Waals surface area contributed by atoms with Crippen molar-refractivity contribution in [3.8, 4) is 11.4 Å². The van der Waals surface area contributed by atoms with Crippen LogP contribution >= 0.6 is 15.9 Å². The zero-order valence-corrected chi connectivity index (χ0v) is 13.6. The molecule has 0 aliphatic carbocycles. The first-order chi connectivity index (χ1) is 9.50. The highest BCUT2D eigenvalue weighted by Crippen LogP contribution is 2.32. The normalized spacial score (nSPS) is 12.8. The number of nitrogens with two attached hydrogens (primary N) is 1. The molecule has 0 radical (unpaired) electrons. The van der Waals surface area contributed by atoms with Gasteiger partial charge >= 0.3 is 0 Å². The highest BCUT2D eigenvalue weighted by molar-refractivity contribution is 9.10. The minimum Gasteiger partial charge on any atom is -0.398 e. The molecule has 0 spiro atoms. The van der Waals surface area contributed by atoms with Gasteiger partial charge in [-0.1, -0.05) is 19.9 Å². The van der Waals surface area contributed by atoms with Crippen molar-refractivity contribution in [3.05, 3.63) is 22.7 Å². The summed E-state index contributed by atoms with van der Waals surface area (Å²) in [5.41, 5.74) is 7.54. The van der Waals surface area contributed by atoms with Gasteiger partial charge in [-0.05, 0) is 64.2 Å². The van der Waals surface area contributed by atoms with Crippen LogP contribution in [0.4, 0.5) is 5.69 Å². The zero-order chi connectivity index (χ0) is 14.7. The first kappa shape index (κ1) is 15.0. The molecule has 1 atom stereocenters. The van der Waals surface area contributed by atoms with Gasteiger partial charge in [-0.3, -0.25) is 0 Å². The van der Waals surface area contributed by atoms with Crippen molar-refractivity contribution in [1.82, 2.24) is 20.2 Å². The minimum absolute atomic E-state index is 0.260. The fourth-order valence-electron chi connectivity index (χ4n) is 2.09. The number of rotatable bonds is 5. The third kappa shape index (κ3) is 3.17. The Morgan fingerprint density at radius 1 is 1.25 bits per heavy atom. The molecule has 0 amide bonds. The molecule has 0 aliphatic rings. The SMILES string of the molecule is CC(C)CCC(C)n1nnnc1-c1cccc(N)c1Br. The van der Waals surface area contributed by atoms with Gasteiger partial charge in [0.2, 0.25) is 0 Å². The lowest BCUT2D eigenvalue weighted by Gasteiger charge is -2.15. The van der Waals surface area contributed by atoms with Crippen molar-refractivity contribution in [2.24, 2.45) is 5.92 Å². The van der Waals surface area contributed by atoms with Crippen LogP contribution in [0.1, 0.15) is 39.7 Å². The summed E-state index contributed by atoms with van der Waals surface area (Å²) >= 11 is 3.51. The average Bonchev–Trinajstić information content (AvgIpc) is 2.88. The number of hydrogen-bond acceptors (Lipinski definition) is 4. The molecule has 108 valence electrons. The molecule has 2 rings (SSSR count). The Hall–Kier alpha value is -1.43. The maximum atomic E-state index is 5.93. The van der Waals surface area contributed by atoms with Crippen LogP contribution in [-0.4, -0.2) is 20.2 Å². The predicted molar refractivity (Wildman–Crippen MR) is 84.1 cm³/mol. The maximum absolute atomic E-state index is 5.93. The summed E-state index contributed by atoms with van der Waals surface area (Å²) in [6, 6.07) is 5.99. The molecule has 0 saturated carbocycles. The average molecular weight is 338 g/mol. The lowest BCUT2D eigenvalue weighted by Crippen LogP contribution is -2.10. The van der Waals surface area contributed by atoms with E-state index in [4.69, 9.17) is 5.73 Å². The molecule has 1 aromatic heterocycles. The van der Waals surface area contributed by atoms with Crippen molar-refractivity contribution >= 4 is 21.6 Å². The van der Waals surface area contributed by atoms with E-state index in [9.17, 15) is 0 Å². The Morgan fingerprint density at radius 2 is 2.00 bits per heavy atom. The van der Waals surface area contributed by atoms with Crippen LogP contribution < -0.4 is 5.73 Å². The maximum Gasteiger partial charge on any atom is 0.183 e. The van der Waals surface area contributed by atoms with E-state index in [1.54, 1.807) is 0 Å². The molecule has 2 N–H and O–H groups in total. The number of aromatic nitrogens is 4. The second-order valence-corrected chi connectivity index (χ2v) is 6.27. The van der Waals surface area contributed by atoms with Crippen LogP contribution in [0, 0.1) is 5.92 Å². The van der Waals surface area contributed by atoms with E-state index in [0.717, 1.165) is 28.7 Å². The molecule has 20 heavy (non-hydrogen) atoms. The number of hydrogen-bond donors (Lipinski definition) is 1. The molecule has 0 bridgehead atoms. The van der Waals surface area contributed by atoms with Crippen molar-refractivity contribution in [1.29, 1.82) is 0 Å². The molecule has 1 unspecified atom stereocenters. The van der Waals surface area contributed by atoms with Gasteiger partial charge in [-0.2, -0.15) is 0 Å². The summed E-state index contributed by atoms with van der Waals surface area (Å²) < 4.78 is 2.72. The Bertz CT molecular complexity index is 579. The van der Waals surface area contributed by atoms with Crippen LogP contribution in [0.2, 0.25) is 0 Å². The van der Waals surface area contributed by atoms with Crippen LogP contribution in [0.5, 0.6) is 0 Å². The molecule has 0 fully saturated rings. The van der Waals surface area contributed by atoms with E-state index in [1.807, 2.05) is 22.9 Å². The quantitative estimate of drug-likeness (QED) is 0.845. The zero-order valence-electron chi connectivity index (χ0n) is 12.0. The highest BCUT2D eigenvalue weighted by atomic mass is 79.9. The third-order valence-electron chi connectivity index (χ3n) is 3.34. The van der Waals surface area contributed by atoms with Crippen molar-refractivity contribution < 1.29 is 0 Å². The summed E-state index contributed by atoms with van der Waals surface area (Å²) in [6.07, 6.45) is 2.20. The number of benzene rings is 1. The summed E-state index contributed by atoms with van der Waals surface area (Å²) in [4.78, 5) is 0. The van der Waals surface area contributed by atoms with Crippen molar-refractivity contribution in [2.75, 3.05) is 5.73 Å². The Kier molecular flexibility index (Phi) is 4.75. The fourth-order valence-corrected chi connectivity index (χ4v) is 2.53. The Balaban J connectivity index is 2.30. The molecule has 0 aliphatic heterocycles. The Morgan fingerprint density at radius 3 is 2.70 bits per heavy atom. The molecular weight excluding hydrogens is 318 g/mol. The fraction of sp³-hybridized carbons (Fsp3) is 0.500. The molecule has 2 aromatic rings. The van der Waals surface area contributed by atoms with Crippen molar-refractivity contribution in [3.63, 3.8) is 0 Å². The topological polar surface area (TPSA) is 69.6 Å². The monoisotopic (exact) mass is 337 g/mol. The number of nitrogens with zero attached hydrogens (tertiary/aromatic N) is 4. The second-order valence-electron chi connectivity index (χ2n) is 5.48. The van der Waals surface area contributed by atoms with E-state index < -0.39 is 0 Å². The molecule has 6 heteroatoms. The Labute approximate surface area is 127 Å². The first-order valence-electron chi connectivity index (χ1n) is 6.83. The molecule has 1 aromatic carbocycles. The van der Waals surface area contributed by atoms with Gasteiger partial charge in [-0.25, -0.2) is 4.68 Å². The van der Waals surface area contributed by atoms with E-state index >= 15 is 0 Å².